The molecule has 9 heteroatoms. The maximum Gasteiger partial charge on any atom is 0.321 e. The van der Waals surface area contributed by atoms with E-state index >= 15 is 0 Å². The van der Waals surface area contributed by atoms with Crippen molar-refractivity contribution in [2.45, 2.75) is 25.8 Å². The summed E-state index contributed by atoms with van der Waals surface area (Å²) in [6.45, 7) is 3.54. The van der Waals surface area contributed by atoms with E-state index in [1.54, 1.807) is 24.9 Å². The van der Waals surface area contributed by atoms with Gasteiger partial charge in [0.2, 0.25) is 5.95 Å². The number of carbonyl (C=O) groups excluding carboxylic acids is 1. The monoisotopic (exact) mass is 492 g/mol. The van der Waals surface area contributed by atoms with Gasteiger partial charge in [-0.25, -0.2) is 14.8 Å². The van der Waals surface area contributed by atoms with E-state index in [0.29, 0.717) is 12.5 Å². The minimum absolute atomic E-state index is 0.0621. The fourth-order valence-electron chi connectivity index (χ4n) is 5.05. The van der Waals surface area contributed by atoms with E-state index in [4.69, 9.17) is 4.98 Å². The van der Waals surface area contributed by atoms with Crippen LogP contribution in [0.25, 0.3) is 27.6 Å². The summed E-state index contributed by atoms with van der Waals surface area (Å²) in [5.74, 6) is 1.57. The number of amides is 2. The Morgan fingerprint density at radius 1 is 1.05 bits per heavy atom. The van der Waals surface area contributed by atoms with Gasteiger partial charge in [0.25, 0.3) is 0 Å². The molecule has 0 radical (unpaired) electrons. The average molecular weight is 493 g/mol. The molecule has 0 bridgehead atoms. The molecular formula is C28H28N8O. The third-order valence-corrected chi connectivity index (χ3v) is 7.08. The largest absolute Gasteiger partial charge is 0.351 e. The topological polar surface area (TPSA) is 101 Å². The molecule has 1 aliphatic rings. The molecule has 0 aliphatic carbocycles. The van der Waals surface area contributed by atoms with Gasteiger partial charge in [-0.2, -0.15) is 4.98 Å². The Morgan fingerprint density at radius 3 is 2.89 bits per heavy atom. The van der Waals surface area contributed by atoms with Gasteiger partial charge in [-0.3, -0.25) is 9.55 Å². The predicted molar refractivity (Wildman–Crippen MR) is 145 cm³/mol. The maximum absolute atomic E-state index is 13.2. The molecule has 2 N–H and O–H groups in total. The third-order valence-electron chi connectivity index (χ3n) is 7.08. The minimum Gasteiger partial charge on any atom is -0.351 e. The van der Waals surface area contributed by atoms with Crippen molar-refractivity contribution in [2.75, 3.05) is 23.7 Å². The van der Waals surface area contributed by atoms with Crippen molar-refractivity contribution in [1.29, 1.82) is 0 Å². The maximum atomic E-state index is 13.2. The van der Waals surface area contributed by atoms with Crippen LogP contribution in [0.1, 0.15) is 19.8 Å². The van der Waals surface area contributed by atoms with Gasteiger partial charge in [0.05, 0.1) is 17.4 Å². The summed E-state index contributed by atoms with van der Waals surface area (Å²) in [4.78, 5) is 32.8. The van der Waals surface area contributed by atoms with Crippen LogP contribution in [-0.4, -0.2) is 54.6 Å². The fourth-order valence-corrected chi connectivity index (χ4v) is 5.05. The summed E-state index contributed by atoms with van der Waals surface area (Å²) in [6, 6.07) is 17.9. The number of pyridine rings is 1. The fraction of sp³-hybridized carbons (Fsp3) is 0.250. The summed E-state index contributed by atoms with van der Waals surface area (Å²) in [6.07, 6.45) is 8.96. The Morgan fingerprint density at radius 2 is 1.95 bits per heavy atom. The number of imidazole rings is 1. The molecule has 1 saturated heterocycles. The molecule has 2 amide bonds. The van der Waals surface area contributed by atoms with E-state index in [2.05, 4.69) is 44.6 Å². The normalized spacial score (nSPS) is 16.6. The highest BCUT2D eigenvalue weighted by molar-refractivity contribution is 6.01. The Hall–Kier alpha value is -4.53. The lowest BCUT2D eigenvalue weighted by Gasteiger charge is -2.36. The summed E-state index contributed by atoms with van der Waals surface area (Å²) < 4.78 is 1.93. The van der Waals surface area contributed by atoms with Crippen molar-refractivity contribution in [3.63, 3.8) is 0 Å². The molecular weight excluding hydrogens is 464 g/mol. The van der Waals surface area contributed by atoms with Crippen LogP contribution in [0.3, 0.4) is 0 Å². The number of aromatic nitrogens is 5. The first-order valence-electron chi connectivity index (χ1n) is 12.6. The lowest BCUT2D eigenvalue weighted by atomic mass is 9.92. The highest BCUT2D eigenvalue weighted by atomic mass is 16.2. The Balaban J connectivity index is 1.13. The van der Waals surface area contributed by atoms with Gasteiger partial charge in [0, 0.05) is 36.9 Å². The smallest absolute Gasteiger partial charge is 0.321 e. The van der Waals surface area contributed by atoms with Crippen LogP contribution in [0, 0.1) is 5.92 Å². The number of nitrogens with zero attached hydrogens (tertiary/aromatic N) is 6. The van der Waals surface area contributed by atoms with Crippen molar-refractivity contribution < 1.29 is 4.79 Å². The third kappa shape index (κ3) is 4.67. The first-order chi connectivity index (χ1) is 18.2. The van der Waals surface area contributed by atoms with Crippen molar-refractivity contribution in [2.24, 2.45) is 5.92 Å². The molecule has 9 nitrogen and oxygen atoms in total. The number of rotatable bonds is 5. The van der Waals surface area contributed by atoms with Gasteiger partial charge in [-0.05, 0) is 49.3 Å². The molecule has 2 atom stereocenters. The molecule has 37 heavy (non-hydrogen) atoms. The van der Waals surface area contributed by atoms with Gasteiger partial charge in [0.15, 0.2) is 0 Å². The number of carbonyl (C=O) groups is 1. The Kier molecular flexibility index (Phi) is 6.10. The number of fused-ring (bicyclic) bond motifs is 2. The number of piperidine rings is 1. The molecule has 2 aromatic carbocycles. The van der Waals surface area contributed by atoms with E-state index in [1.807, 2.05) is 51.9 Å². The van der Waals surface area contributed by atoms with E-state index in [0.717, 1.165) is 52.7 Å². The summed E-state index contributed by atoms with van der Waals surface area (Å²) in [5, 5.41) is 8.75. The molecule has 5 aromatic rings. The van der Waals surface area contributed by atoms with Crippen LogP contribution in [0.5, 0.6) is 0 Å². The predicted octanol–water partition coefficient (Wildman–Crippen LogP) is 5.11. The molecule has 3 aromatic heterocycles. The molecule has 2 unspecified atom stereocenters. The lowest BCUT2D eigenvalue weighted by molar-refractivity contribution is 0.172. The summed E-state index contributed by atoms with van der Waals surface area (Å²) >= 11 is 0. The highest BCUT2D eigenvalue weighted by Crippen LogP contribution is 2.26. The number of likely N-dealkylation sites (tertiary alicyclic amines) is 1. The van der Waals surface area contributed by atoms with E-state index < -0.39 is 0 Å². The second kappa shape index (κ2) is 9.85. The van der Waals surface area contributed by atoms with Crippen molar-refractivity contribution in [1.82, 2.24) is 29.4 Å². The van der Waals surface area contributed by atoms with Crippen LogP contribution in [0.2, 0.25) is 0 Å². The van der Waals surface area contributed by atoms with Crippen LogP contribution >= 0.6 is 0 Å². The minimum atomic E-state index is -0.0621. The van der Waals surface area contributed by atoms with Crippen molar-refractivity contribution in [3.05, 3.63) is 79.5 Å². The van der Waals surface area contributed by atoms with Crippen LogP contribution in [-0.2, 0) is 0 Å². The quantitative estimate of drug-likeness (QED) is 0.354. The average Bonchev–Trinajstić information content (AvgIpc) is 3.38. The van der Waals surface area contributed by atoms with Crippen LogP contribution < -0.4 is 10.6 Å². The number of urea groups is 1. The Labute approximate surface area is 214 Å². The SMILES string of the molecule is CC(Nc1nccc(-n2cnc3cnccc32)n1)C1CCCN(C(=O)Nc2cccc3ccccc23)C1. The lowest BCUT2D eigenvalue weighted by Crippen LogP contribution is -2.46. The first-order valence-corrected chi connectivity index (χ1v) is 12.6. The number of nitrogens with one attached hydrogen (secondary N) is 2. The van der Waals surface area contributed by atoms with Crippen LogP contribution in [0.4, 0.5) is 16.4 Å². The van der Waals surface area contributed by atoms with Gasteiger partial charge in [0.1, 0.15) is 17.7 Å². The van der Waals surface area contributed by atoms with E-state index in [-0.39, 0.29) is 18.0 Å². The zero-order valence-corrected chi connectivity index (χ0v) is 20.6. The zero-order valence-electron chi connectivity index (χ0n) is 20.6. The molecule has 1 fully saturated rings. The van der Waals surface area contributed by atoms with Crippen LogP contribution in [0.15, 0.2) is 79.5 Å². The van der Waals surface area contributed by atoms with E-state index in [1.165, 1.54) is 0 Å². The second-order valence-electron chi connectivity index (χ2n) is 9.46. The first kappa shape index (κ1) is 22.9. The molecule has 1 aliphatic heterocycles. The summed E-state index contributed by atoms with van der Waals surface area (Å²) in [5.41, 5.74) is 2.59. The molecule has 0 spiro atoms. The van der Waals surface area contributed by atoms with Gasteiger partial charge < -0.3 is 15.5 Å². The summed E-state index contributed by atoms with van der Waals surface area (Å²) in [7, 11) is 0. The standard InChI is InChI=1S/C28H28N8O/c1-19(32-27-30-14-12-26(34-27)36-18-31-24-16-29-13-11-25(24)36)21-8-5-15-35(17-21)28(37)33-23-10-4-7-20-6-2-3-9-22(20)23/h2-4,6-7,9-14,16,18-19,21H,5,8,15,17H2,1H3,(H,33,37)(H,30,32,34). The highest BCUT2D eigenvalue weighted by Gasteiger charge is 2.28. The number of benzene rings is 2. The molecule has 6 rings (SSSR count). The zero-order chi connectivity index (χ0) is 25.2. The van der Waals surface area contributed by atoms with E-state index in [9.17, 15) is 4.79 Å². The molecule has 0 saturated carbocycles. The van der Waals surface area contributed by atoms with Crippen molar-refractivity contribution >= 4 is 39.5 Å². The second-order valence-corrected chi connectivity index (χ2v) is 9.46. The number of hydrogen-bond acceptors (Lipinski definition) is 6. The van der Waals surface area contributed by atoms with Crippen molar-refractivity contribution in [3.8, 4) is 5.82 Å². The van der Waals surface area contributed by atoms with Gasteiger partial charge >= 0.3 is 6.03 Å². The molecule has 4 heterocycles. The Bertz CT molecular complexity index is 1560. The van der Waals surface area contributed by atoms with Gasteiger partial charge in [-0.15, -0.1) is 0 Å². The number of hydrogen-bond donors (Lipinski definition) is 2. The number of anilines is 2. The van der Waals surface area contributed by atoms with Gasteiger partial charge in [-0.1, -0.05) is 36.4 Å². The molecule has 186 valence electrons.